The summed E-state index contributed by atoms with van der Waals surface area (Å²) < 4.78 is 348. The molecule has 0 spiro atoms. The molecule has 25 atom stereocenters. The molecule has 0 aromatic carbocycles. The largest absolute Gasteiger partial charge is 0.834 e. The van der Waals surface area contributed by atoms with Crippen LogP contribution in [0.25, 0.3) is 0 Å². The van der Waals surface area contributed by atoms with E-state index in [1.807, 2.05) is 0 Å². The van der Waals surface area contributed by atoms with Crippen LogP contribution in [-0.4, -0.2) is 246 Å². The zero-order valence-corrected chi connectivity index (χ0v) is 51.8. The van der Waals surface area contributed by atoms with Crippen LogP contribution in [0.2, 0.25) is 0 Å². The van der Waals surface area contributed by atoms with Crippen molar-refractivity contribution in [2.24, 2.45) is 35.5 Å². The van der Waals surface area contributed by atoms with E-state index in [0.717, 1.165) is 13.8 Å². The highest BCUT2D eigenvalue weighted by molar-refractivity contribution is 7.82. The van der Waals surface area contributed by atoms with Crippen LogP contribution < -0.4 is 10.2 Å². The van der Waals surface area contributed by atoms with Crippen molar-refractivity contribution in [3.8, 4) is 0 Å². The van der Waals surface area contributed by atoms with E-state index in [9.17, 15) is 106 Å². The lowest BCUT2D eigenvalue weighted by atomic mass is 9.78. The fraction of sp³-hybridized carbons (Fsp3) is 0.974. The molecule has 2 bridgehead atoms. The molecule has 516 valence electrons. The van der Waals surface area contributed by atoms with Crippen molar-refractivity contribution in [1.82, 2.24) is 0 Å². The highest BCUT2D eigenvalue weighted by atomic mass is 32.3. The van der Waals surface area contributed by atoms with Crippen LogP contribution in [-0.2, 0) is 159 Å². The summed E-state index contributed by atoms with van der Waals surface area (Å²) in [4.78, 5) is 12.9. The van der Waals surface area contributed by atoms with E-state index in [-0.39, 0.29) is 0 Å². The standard InChI is InChI=1S/C39H65O42S7/c1-14-15(2)21(10-66-82(43,44)45)70-35(17(14)4)72-24-16(3)18(5)36(75-31(24)34(41)42)73-28-23(12-68-84(49,50)51)71-37(32(81-88(61,62)63)30(28)80-87(58,59)60)76-33-19(6)25-38(77-39(33,65-13-40)8-9-64-25)74-27-22(11-67-83(46,47)48)69-20(7)26(78-85(52,53)54)29(27)79-86(55,56)57/h14-33,35-38H,8-13H2,1-7H3,(H,41,42)(H,43,44,45)(H,46,47,48)(H,49,50,51)(H,52,53,54)(H,55,56,57)(H,58,59,60)(H,61,62,63)/q-1/p-8/t14?,15-,16?,17?,18?,19?,20+,21+,22+,23?,24-,25+,26?,27+,28?,29?,30-,31-,32?,33?,35+,36-,37-,38-,39?/m0/s1. The highest BCUT2D eigenvalue weighted by Gasteiger charge is 2.63. The Labute approximate surface area is 503 Å². The maximum atomic E-state index is 12.9. The number of carboxylic acids is 1. The number of aliphatic carboxylic acids is 1. The predicted molar refractivity (Wildman–Crippen MR) is 253 cm³/mol. The molecule has 49 heteroatoms. The molecule has 0 N–H and O–H groups in total. The molecule has 0 aromatic rings. The number of fused-ring (bicyclic) bond motifs is 4. The first-order valence-corrected chi connectivity index (χ1v) is 34.8. The Hall–Kier alpha value is -1.92. The summed E-state index contributed by atoms with van der Waals surface area (Å²) >= 11 is 0. The summed E-state index contributed by atoms with van der Waals surface area (Å²) in [6.45, 7) is 3.09. The normalized spacial score (nSPS) is 40.9. The lowest BCUT2D eigenvalue weighted by molar-refractivity contribution is -0.498. The molecule has 0 saturated carbocycles. The quantitative estimate of drug-likeness (QED) is 0.0399. The number of rotatable bonds is 28. The Morgan fingerprint density at radius 3 is 1.35 bits per heavy atom. The van der Waals surface area contributed by atoms with Crippen molar-refractivity contribution in [2.75, 3.05) is 33.2 Å². The summed E-state index contributed by atoms with van der Waals surface area (Å²) in [5.41, 5.74) is 0. The minimum Gasteiger partial charge on any atom is -0.834 e. The lowest BCUT2D eigenvalue weighted by Gasteiger charge is -2.54. The van der Waals surface area contributed by atoms with Crippen molar-refractivity contribution >= 4 is 78.8 Å². The monoisotopic (exact) mass is 1420 g/mol. The van der Waals surface area contributed by atoms with Crippen molar-refractivity contribution in [1.29, 1.82) is 0 Å². The first-order valence-electron chi connectivity index (χ1n) is 25.4. The van der Waals surface area contributed by atoms with Crippen LogP contribution in [0, 0.1) is 35.5 Å². The third-order valence-corrected chi connectivity index (χ3v) is 18.4. The molecule has 7 saturated heterocycles. The van der Waals surface area contributed by atoms with Gasteiger partial charge in [-0.3, -0.25) is 29.3 Å². The minimum atomic E-state index is -6.33. The summed E-state index contributed by atoms with van der Waals surface area (Å²) in [6, 6.07) is 0. The van der Waals surface area contributed by atoms with Crippen molar-refractivity contribution < 1.29 is 187 Å². The lowest BCUT2D eigenvalue weighted by Crippen LogP contribution is -2.69. The van der Waals surface area contributed by atoms with Crippen molar-refractivity contribution in [3.63, 3.8) is 0 Å². The van der Waals surface area contributed by atoms with Crippen molar-refractivity contribution in [3.05, 3.63) is 0 Å². The Balaban J connectivity index is 1.39. The highest BCUT2D eigenvalue weighted by Crippen LogP contribution is 2.48. The number of carboxylic acid groups (broad SMARTS) is 1. The van der Waals surface area contributed by atoms with Gasteiger partial charge in [-0.05, 0) is 31.5 Å². The van der Waals surface area contributed by atoms with Gasteiger partial charge in [-0.15, -0.1) is 0 Å². The number of carbonyl (C=O) groups is 1. The van der Waals surface area contributed by atoms with E-state index in [2.05, 4.69) is 29.3 Å². The molecule has 12 unspecified atom stereocenters. The van der Waals surface area contributed by atoms with Crippen LogP contribution in [0.3, 0.4) is 0 Å². The van der Waals surface area contributed by atoms with Gasteiger partial charge in [0.05, 0.1) is 50.7 Å². The molecule has 0 amide bonds. The average molecular weight is 1420 g/mol. The van der Waals surface area contributed by atoms with E-state index in [0.29, 0.717) is 0 Å². The Morgan fingerprint density at radius 1 is 0.443 bits per heavy atom. The predicted octanol–water partition coefficient (Wildman–Crippen LogP) is -7.96. The summed E-state index contributed by atoms with van der Waals surface area (Å²) in [6.07, 6.45) is -41.8. The van der Waals surface area contributed by atoms with Crippen LogP contribution in [0.1, 0.15) is 54.9 Å². The maximum absolute atomic E-state index is 12.9. The zero-order valence-electron chi connectivity index (χ0n) is 46.1. The SMILES string of the molecule is CC1C(C)[C@H](C)[C@@H](COS(=O)(=O)[O-])O[C@@H]1O[C@H]1C(C)C(C)[C@@H](OC2C(COS(=O)(=O)[O-])O[C@@H](OC3C(C)[C@H]4OCCC3(OC[O-])O[C@@H]4O[C@H]3C(OS(=O)(=O)[O-])C(OS(=O)(=O)[O-])[C@@H](C)O[C@@H]3COS(=O)(=O)[O-])C(OS(=O)(=O)[O-])[C@H]2OS(=O)(=O)[O-])O[C@@H]1C(=O)[O-]. The second-order valence-corrected chi connectivity index (χ2v) is 28.0. The van der Waals surface area contributed by atoms with Gasteiger partial charge in [0.25, 0.3) is 0 Å². The first kappa shape index (κ1) is 75.1. The third-order valence-electron chi connectivity index (χ3n) is 15.3. The van der Waals surface area contributed by atoms with E-state index in [4.69, 9.17) is 52.1 Å². The summed E-state index contributed by atoms with van der Waals surface area (Å²) in [7, 11) is -41.5. The third kappa shape index (κ3) is 20.1. The number of hydrogen-bond acceptors (Lipinski definition) is 42. The van der Waals surface area contributed by atoms with Gasteiger partial charge < -0.3 is 99.0 Å². The smallest absolute Gasteiger partial charge is 0.218 e. The Bertz CT molecular complexity index is 3230. The second-order valence-electron chi connectivity index (χ2n) is 20.8. The molecule has 0 radical (unpaired) electrons. The number of ether oxygens (including phenoxy) is 11. The topological polar surface area (TPSA) is 630 Å². The summed E-state index contributed by atoms with van der Waals surface area (Å²) in [5.74, 6) is -10.6. The fourth-order valence-electron chi connectivity index (χ4n) is 10.8. The minimum absolute atomic E-state index is 0.410. The van der Waals surface area contributed by atoms with Crippen LogP contribution in [0.5, 0.6) is 0 Å². The molecule has 7 aliphatic rings. The molecule has 7 rings (SSSR count). The van der Waals surface area contributed by atoms with Crippen molar-refractivity contribution in [2.45, 2.75) is 171 Å². The zero-order chi connectivity index (χ0) is 66.4. The molecule has 0 aliphatic carbocycles. The van der Waals surface area contributed by atoms with Gasteiger partial charge in [-0.1, -0.05) is 41.5 Å². The molecular formula is C39H57O42S7-9. The molecular weight excluding hydrogens is 1360 g/mol. The fourth-order valence-corrected chi connectivity index (χ4v) is 13.7. The molecule has 7 fully saturated rings. The molecule has 7 aliphatic heterocycles. The van der Waals surface area contributed by atoms with E-state index < -0.39 is 270 Å². The number of hydrogen-bond donors (Lipinski definition) is 0. The van der Waals surface area contributed by atoms with Gasteiger partial charge >= 0.3 is 0 Å². The molecule has 88 heavy (non-hydrogen) atoms. The van der Waals surface area contributed by atoms with Gasteiger partial charge in [-0.2, -0.15) is 0 Å². The van der Waals surface area contributed by atoms with Gasteiger partial charge in [0, 0.05) is 24.2 Å². The van der Waals surface area contributed by atoms with Crippen LogP contribution in [0.15, 0.2) is 0 Å². The second kappa shape index (κ2) is 28.6. The van der Waals surface area contributed by atoms with Gasteiger partial charge in [0.1, 0.15) is 61.0 Å². The molecule has 42 nitrogen and oxygen atoms in total. The number of carbonyl (C=O) groups excluding carboxylic acids is 1. The van der Waals surface area contributed by atoms with E-state index in [1.54, 1.807) is 20.8 Å². The van der Waals surface area contributed by atoms with Crippen LogP contribution >= 0.6 is 0 Å². The van der Waals surface area contributed by atoms with Crippen LogP contribution in [0.4, 0.5) is 0 Å². The Morgan fingerprint density at radius 2 is 0.864 bits per heavy atom. The molecule has 7 heterocycles. The Kier molecular flexibility index (Phi) is 24.4. The van der Waals surface area contributed by atoms with Gasteiger partial charge in [0.2, 0.25) is 72.8 Å². The molecule has 0 aromatic heterocycles. The maximum Gasteiger partial charge on any atom is 0.218 e. The average Bonchev–Trinajstić information content (AvgIpc) is 3.07. The van der Waals surface area contributed by atoms with E-state index in [1.165, 1.54) is 13.8 Å². The van der Waals surface area contributed by atoms with Gasteiger partial charge in [-0.25, -0.2) is 58.9 Å². The van der Waals surface area contributed by atoms with Gasteiger partial charge in [0.15, 0.2) is 37.1 Å². The first-order chi connectivity index (χ1) is 40.1. The van der Waals surface area contributed by atoms with E-state index >= 15 is 0 Å². The summed E-state index contributed by atoms with van der Waals surface area (Å²) in [5, 5.41) is 25.5.